The minimum atomic E-state index is -0.279. The molecule has 7 heteroatoms. The molecule has 0 aliphatic carbocycles. The van der Waals surface area contributed by atoms with E-state index in [1.807, 2.05) is 0 Å². The van der Waals surface area contributed by atoms with Gasteiger partial charge < -0.3 is 16.0 Å². The lowest BCUT2D eigenvalue weighted by molar-refractivity contribution is -0.120. The number of hydrogen-bond acceptors (Lipinski definition) is 4. The molecular formula is C9H15N5O2. The Morgan fingerprint density at radius 1 is 1.62 bits per heavy atom. The third-order valence-corrected chi connectivity index (χ3v) is 2.18. The van der Waals surface area contributed by atoms with Gasteiger partial charge in [0.05, 0.1) is 11.9 Å². The van der Waals surface area contributed by atoms with Crippen LogP contribution in [0.15, 0.2) is 6.20 Å². The molecule has 2 amide bonds. The summed E-state index contributed by atoms with van der Waals surface area (Å²) in [5.74, 6) is -0.392. The molecule has 0 aliphatic heterocycles. The number of nitrogens with one attached hydrogen (secondary N) is 2. The van der Waals surface area contributed by atoms with E-state index in [-0.39, 0.29) is 23.9 Å². The predicted octanol–water partition coefficient (Wildman–Crippen LogP) is -0.800. The molecule has 1 aromatic heterocycles. The second-order valence-corrected chi connectivity index (χ2v) is 3.35. The van der Waals surface area contributed by atoms with E-state index >= 15 is 0 Å². The Labute approximate surface area is 93.0 Å². The summed E-state index contributed by atoms with van der Waals surface area (Å²) in [6, 6.07) is 0. The zero-order valence-corrected chi connectivity index (χ0v) is 9.28. The van der Waals surface area contributed by atoms with Gasteiger partial charge in [-0.25, -0.2) is 0 Å². The Kier molecular flexibility index (Phi) is 3.87. The maximum Gasteiger partial charge on any atom is 0.273 e. The van der Waals surface area contributed by atoms with E-state index in [0.29, 0.717) is 12.2 Å². The van der Waals surface area contributed by atoms with Crippen LogP contribution in [-0.4, -0.2) is 47.6 Å². The van der Waals surface area contributed by atoms with Crippen molar-refractivity contribution in [2.75, 3.05) is 26.4 Å². The van der Waals surface area contributed by atoms with Crippen molar-refractivity contribution < 1.29 is 9.59 Å². The molecule has 0 atom stereocenters. The lowest BCUT2D eigenvalue weighted by atomic mass is 10.3. The highest BCUT2D eigenvalue weighted by Gasteiger charge is 2.16. The highest BCUT2D eigenvalue weighted by Crippen LogP contribution is 2.08. The van der Waals surface area contributed by atoms with E-state index in [0.717, 1.165) is 0 Å². The van der Waals surface area contributed by atoms with Crippen molar-refractivity contribution in [2.45, 2.75) is 6.42 Å². The molecule has 1 aromatic rings. The smallest absolute Gasteiger partial charge is 0.273 e. The number of carbonyl (C=O) groups excluding carboxylic acids is 2. The zero-order valence-electron chi connectivity index (χ0n) is 9.28. The summed E-state index contributed by atoms with van der Waals surface area (Å²) in [6.45, 7) is 0.330. The zero-order chi connectivity index (χ0) is 12.1. The van der Waals surface area contributed by atoms with E-state index in [1.165, 1.54) is 11.1 Å². The standard InChI is InChI=1S/C9H15N5O2/c1-11-7(15)3-4-14(2)9(16)8-6(10)5-12-13-8/h5H,3-4,10H2,1-2H3,(H,11,15)(H,12,13). The van der Waals surface area contributed by atoms with Crippen molar-refractivity contribution in [3.8, 4) is 0 Å². The topological polar surface area (TPSA) is 104 Å². The molecule has 88 valence electrons. The lowest BCUT2D eigenvalue weighted by Gasteiger charge is -2.15. The molecule has 4 N–H and O–H groups in total. The van der Waals surface area contributed by atoms with Crippen LogP contribution in [0.25, 0.3) is 0 Å². The first-order valence-electron chi connectivity index (χ1n) is 4.81. The van der Waals surface area contributed by atoms with Crippen molar-refractivity contribution in [1.82, 2.24) is 20.4 Å². The molecule has 0 bridgehead atoms. The minimum Gasteiger partial charge on any atom is -0.396 e. The van der Waals surface area contributed by atoms with Crippen LogP contribution in [0.1, 0.15) is 16.9 Å². The Morgan fingerprint density at radius 2 is 2.31 bits per heavy atom. The molecule has 7 nitrogen and oxygen atoms in total. The third kappa shape index (κ3) is 2.72. The monoisotopic (exact) mass is 225 g/mol. The first-order chi connectivity index (χ1) is 7.56. The Bertz CT molecular complexity index is 387. The second kappa shape index (κ2) is 5.15. The average molecular weight is 225 g/mol. The number of amides is 2. The summed E-state index contributed by atoms with van der Waals surface area (Å²) in [4.78, 5) is 24.2. The van der Waals surface area contributed by atoms with Crippen LogP contribution in [0, 0.1) is 0 Å². The van der Waals surface area contributed by atoms with Crippen LogP contribution < -0.4 is 11.1 Å². The lowest BCUT2D eigenvalue weighted by Crippen LogP contribution is -2.32. The second-order valence-electron chi connectivity index (χ2n) is 3.35. The highest BCUT2D eigenvalue weighted by molar-refractivity contribution is 5.97. The molecular weight excluding hydrogens is 210 g/mol. The van der Waals surface area contributed by atoms with Gasteiger partial charge in [-0.3, -0.25) is 14.7 Å². The van der Waals surface area contributed by atoms with Gasteiger partial charge in [0.2, 0.25) is 5.91 Å². The summed E-state index contributed by atoms with van der Waals surface area (Å²) < 4.78 is 0. The molecule has 0 saturated heterocycles. The fourth-order valence-electron chi connectivity index (χ4n) is 1.15. The van der Waals surface area contributed by atoms with Crippen molar-refractivity contribution in [1.29, 1.82) is 0 Å². The highest BCUT2D eigenvalue weighted by atomic mass is 16.2. The van der Waals surface area contributed by atoms with E-state index in [9.17, 15) is 9.59 Å². The average Bonchev–Trinajstić information content (AvgIpc) is 2.70. The van der Waals surface area contributed by atoms with Crippen LogP contribution in [0.2, 0.25) is 0 Å². The molecule has 0 saturated carbocycles. The molecule has 1 rings (SSSR count). The maximum atomic E-state index is 11.8. The van der Waals surface area contributed by atoms with Crippen molar-refractivity contribution in [2.24, 2.45) is 0 Å². The molecule has 1 heterocycles. The van der Waals surface area contributed by atoms with Gasteiger partial charge in [-0.2, -0.15) is 5.10 Å². The van der Waals surface area contributed by atoms with Gasteiger partial charge in [0, 0.05) is 27.1 Å². The van der Waals surface area contributed by atoms with Crippen LogP contribution in [0.4, 0.5) is 5.69 Å². The summed E-state index contributed by atoms with van der Waals surface area (Å²) in [5.41, 5.74) is 6.09. The fraction of sp³-hybridized carbons (Fsp3) is 0.444. The normalized spacial score (nSPS) is 9.88. The number of carbonyl (C=O) groups is 2. The van der Waals surface area contributed by atoms with Gasteiger partial charge in [-0.1, -0.05) is 0 Å². The number of rotatable bonds is 4. The summed E-state index contributed by atoms with van der Waals surface area (Å²) in [5, 5.41) is 8.66. The molecule has 0 fully saturated rings. The quantitative estimate of drug-likeness (QED) is 0.624. The number of nitrogens with two attached hydrogens (primary N) is 1. The van der Waals surface area contributed by atoms with Gasteiger partial charge in [0.1, 0.15) is 5.69 Å². The van der Waals surface area contributed by atoms with E-state index in [4.69, 9.17) is 5.73 Å². The summed E-state index contributed by atoms with van der Waals surface area (Å²) in [6.07, 6.45) is 1.63. The van der Waals surface area contributed by atoms with Crippen molar-refractivity contribution >= 4 is 17.5 Å². The Balaban J connectivity index is 2.55. The van der Waals surface area contributed by atoms with Gasteiger partial charge in [0.15, 0.2) is 0 Å². The predicted molar refractivity (Wildman–Crippen MR) is 58.6 cm³/mol. The van der Waals surface area contributed by atoms with Gasteiger partial charge >= 0.3 is 0 Å². The molecule has 16 heavy (non-hydrogen) atoms. The van der Waals surface area contributed by atoms with E-state index < -0.39 is 0 Å². The number of anilines is 1. The summed E-state index contributed by atoms with van der Waals surface area (Å²) in [7, 11) is 3.16. The van der Waals surface area contributed by atoms with E-state index in [1.54, 1.807) is 14.1 Å². The molecule has 0 spiro atoms. The minimum absolute atomic E-state index is 0.114. The first-order valence-corrected chi connectivity index (χ1v) is 4.81. The van der Waals surface area contributed by atoms with Gasteiger partial charge in [0.25, 0.3) is 5.91 Å². The molecule has 0 aromatic carbocycles. The number of aromatic nitrogens is 2. The van der Waals surface area contributed by atoms with Crippen LogP contribution in [-0.2, 0) is 4.79 Å². The number of nitrogens with zero attached hydrogens (tertiary/aromatic N) is 2. The van der Waals surface area contributed by atoms with Crippen molar-refractivity contribution in [3.63, 3.8) is 0 Å². The molecule has 0 radical (unpaired) electrons. The van der Waals surface area contributed by atoms with Crippen LogP contribution in [0.5, 0.6) is 0 Å². The van der Waals surface area contributed by atoms with E-state index in [2.05, 4.69) is 15.5 Å². The fourth-order valence-corrected chi connectivity index (χ4v) is 1.15. The number of aromatic amines is 1. The third-order valence-electron chi connectivity index (χ3n) is 2.18. The van der Waals surface area contributed by atoms with Crippen LogP contribution >= 0.6 is 0 Å². The summed E-state index contributed by atoms with van der Waals surface area (Å²) >= 11 is 0. The number of H-pyrrole nitrogens is 1. The SMILES string of the molecule is CNC(=O)CCN(C)C(=O)c1[nH]ncc1N. The van der Waals surface area contributed by atoms with Gasteiger partial charge in [-0.05, 0) is 0 Å². The molecule has 0 aliphatic rings. The van der Waals surface area contributed by atoms with Gasteiger partial charge in [-0.15, -0.1) is 0 Å². The maximum absolute atomic E-state index is 11.8. The number of nitrogen functional groups attached to an aromatic ring is 1. The Morgan fingerprint density at radius 3 is 2.81 bits per heavy atom. The molecule has 0 unspecified atom stereocenters. The largest absolute Gasteiger partial charge is 0.396 e. The van der Waals surface area contributed by atoms with Crippen LogP contribution in [0.3, 0.4) is 0 Å². The first kappa shape index (κ1) is 12.0. The Hall–Kier alpha value is -2.05. The number of hydrogen-bond donors (Lipinski definition) is 3. The van der Waals surface area contributed by atoms with Crippen molar-refractivity contribution in [3.05, 3.63) is 11.9 Å².